The zero-order valence-corrected chi connectivity index (χ0v) is 26.3. The number of unbranched alkanes of at least 4 members (excludes halogenated alkanes) is 1. The van der Waals surface area contributed by atoms with E-state index >= 15 is 0 Å². The number of ether oxygens (including phenoxy) is 3. The molecule has 0 saturated carbocycles. The third kappa shape index (κ3) is 12.1. The summed E-state index contributed by atoms with van der Waals surface area (Å²) in [5.74, 6) is -1.20. The lowest BCUT2D eigenvalue weighted by Crippen LogP contribution is -2.44. The normalized spacial score (nSPS) is 11.4. The van der Waals surface area contributed by atoms with Crippen molar-refractivity contribution in [2.75, 3.05) is 26.8 Å². The first-order chi connectivity index (χ1) is 21.8. The number of alkyl carbamates (subject to hydrolysis) is 1. The fourth-order valence-corrected chi connectivity index (χ4v) is 4.61. The molecule has 11 nitrogen and oxygen atoms in total. The third-order valence-corrected chi connectivity index (χ3v) is 7.06. The van der Waals surface area contributed by atoms with Gasteiger partial charge in [-0.2, -0.15) is 0 Å². The van der Waals surface area contributed by atoms with Gasteiger partial charge >= 0.3 is 12.2 Å². The number of allylic oxidation sites excluding steroid dienone is 1. The predicted octanol–water partition coefficient (Wildman–Crippen LogP) is 5.80. The minimum absolute atomic E-state index is 0.0537. The molecule has 0 radical (unpaired) electrons. The molecular formula is C32H35BrFN3O8. The summed E-state index contributed by atoms with van der Waals surface area (Å²) in [6, 6.07) is 15.1. The molecule has 0 saturated heterocycles. The molecule has 0 fully saturated rings. The van der Waals surface area contributed by atoms with E-state index in [0.717, 1.165) is 5.56 Å². The number of benzene rings is 2. The van der Waals surface area contributed by atoms with E-state index in [1.54, 1.807) is 24.3 Å². The van der Waals surface area contributed by atoms with E-state index in [2.05, 4.69) is 31.3 Å². The standard InChI is InChI=1S/C32H35BrFN3O8/c1-42-32(41)44-18-8-3-2-7-16-35-30(39)29(26-20-24(34)13-14-27(26)33)37(21-25-12-9-19-43-25)28(38)15-17-36-31(40)45-22-23-10-5-4-6-11-23/h3-6,8-14,19-20,29H,2,7,15-18,21-22H2,1H3,(H,35,39)(H,36,40)/b8-3+. The first kappa shape index (κ1) is 34.8. The molecule has 1 unspecified atom stereocenters. The molecule has 1 aromatic heterocycles. The Bertz CT molecular complexity index is 1420. The number of rotatable bonds is 16. The van der Waals surface area contributed by atoms with Gasteiger partial charge in [-0.25, -0.2) is 14.0 Å². The molecule has 0 aliphatic heterocycles. The Labute approximate surface area is 268 Å². The molecule has 3 rings (SSSR count). The van der Waals surface area contributed by atoms with E-state index in [0.29, 0.717) is 23.1 Å². The van der Waals surface area contributed by atoms with Gasteiger partial charge in [-0.15, -0.1) is 0 Å². The molecule has 3 amide bonds. The van der Waals surface area contributed by atoms with E-state index in [-0.39, 0.29) is 44.8 Å². The van der Waals surface area contributed by atoms with Gasteiger partial charge in [-0.1, -0.05) is 58.4 Å². The Morgan fingerprint density at radius 1 is 1.00 bits per heavy atom. The van der Waals surface area contributed by atoms with Gasteiger partial charge in [0.25, 0.3) is 0 Å². The number of furan rings is 1. The number of nitrogens with one attached hydrogen (secondary N) is 2. The van der Waals surface area contributed by atoms with E-state index in [4.69, 9.17) is 13.9 Å². The molecule has 0 aliphatic carbocycles. The third-order valence-electron chi connectivity index (χ3n) is 6.34. The fourth-order valence-electron chi connectivity index (χ4n) is 4.15. The maximum atomic E-state index is 14.4. The molecular weight excluding hydrogens is 653 g/mol. The van der Waals surface area contributed by atoms with Crippen molar-refractivity contribution in [3.63, 3.8) is 0 Å². The van der Waals surface area contributed by atoms with Crippen molar-refractivity contribution in [2.45, 2.75) is 38.5 Å². The highest BCUT2D eigenvalue weighted by molar-refractivity contribution is 9.10. The maximum absolute atomic E-state index is 14.4. The highest BCUT2D eigenvalue weighted by atomic mass is 79.9. The van der Waals surface area contributed by atoms with Crippen LogP contribution in [0.15, 0.2) is 88.0 Å². The highest BCUT2D eigenvalue weighted by Gasteiger charge is 2.33. The Kier molecular flexibility index (Phi) is 14.6. The van der Waals surface area contributed by atoms with Crippen LogP contribution in [-0.4, -0.2) is 55.8 Å². The summed E-state index contributed by atoms with van der Waals surface area (Å²) in [6.45, 7) is 0.221. The number of hydrogen-bond donors (Lipinski definition) is 2. The summed E-state index contributed by atoms with van der Waals surface area (Å²) in [5.41, 5.74) is 1.05. The number of nitrogens with zero attached hydrogens (tertiary/aromatic N) is 1. The van der Waals surface area contributed by atoms with Crippen molar-refractivity contribution in [3.8, 4) is 0 Å². The first-order valence-electron chi connectivity index (χ1n) is 14.1. The van der Waals surface area contributed by atoms with Gasteiger partial charge in [0.1, 0.15) is 30.8 Å². The molecule has 240 valence electrons. The van der Waals surface area contributed by atoms with Gasteiger partial charge in [-0.3, -0.25) is 9.59 Å². The van der Waals surface area contributed by atoms with Crippen molar-refractivity contribution in [1.29, 1.82) is 0 Å². The van der Waals surface area contributed by atoms with Gasteiger partial charge in [0, 0.05) is 29.5 Å². The second kappa shape index (κ2) is 18.9. The smallest absolute Gasteiger partial charge is 0.467 e. The number of carbonyl (C=O) groups excluding carboxylic acids is 4. The van der Waals surface area contributed by atoms with E-state index < -0.39 is 35.9 Å². The van der Waals surface area contributed by atoms with Crippen LogP contribution in [0, 0.1) is 5.82 Å². The summed E-state index contributed by atoms with van der Waals surface area (Å²) in [5, 5.41) is 5.39. The van der Waals surface area contributed by atoms with E-state index in [9.17, 15) is 23.6 Å². The predicted molar refractivity (Wildman–Crippen MR) is 165 cm³/mol. The summed E-state index contributed by atoms with van der Waals surface area (Å²) in [6.07, 6.45) is 4.35. The van der Waals surface area contributed by atoms with Gasteiger partial charge < -0.3 is 34.2 Å². The minimum Gasteiger partial charge on any atom is -0.467 e. The number of methoxy groups -OCH3 is 1. The molecule has 3 aromatic rings. The van der Waals surface area contributed by atoms with Gasteiger partial charge in [-0.05, 0) is 48.7 Å². The van der Waals surface area contributed by atoms with Crippen LogP contribution in [0.4, 0.5) is 14.0 Å². The monoisotopic (exact) mass is 687 g/mol. The molecule has 2 aromatic carbocycles. The van der Waals surface area contributed by atoms with E-state index in [1.165, 1.54) is 36.5 Å². The average molecular weight is 689 g/mol. The summed E-state index contributed by atoms with van der Waals surface area (Å²) < 4.78 is 34.7. The molecule has 0 bridgehead atoms. The lowest BCUT2D eigenvalue weighted by atomic mass is 10.0. The van der Waals surface area contributed by atoms with Crippen molar-refractivity contribution < 1.29 is 42.2 Å². The van der Waals surface area contributed by atoms with Crippen LogP contribution in [0.3, 0.4) is 0 Å². The number of hydrogen-bond acceptors (Lipinski definition) is 8. The average Bonchev–Trinajstić information content (AvgIpc) is 3.56. The van der Waals surface area contributed by atoms with Crippen LogP contribution in [-0.2, 0) is 37.0 Å². The number of carbonyl (C=O) groups is 4. The Morgan fingerprint density at radius 3 is 2.53 bits per heavy atom. The van der Waals surface area contributed by atoms with Crippen LogP contribution in [0.2, 0.25) is 0 Å². The van der Waals surface area contributed by atoms with E-state index in [1.807, 2.05) is 30.3 Å². The van der Waals surface area contributed by atoms with Crippen LogP contribution in [0.1, 0.15) is 42.2 Å². The van der Waals surface area contributed by atoms with Crippen molar-refractivity contribution >= 4 is 40.0 Å². The topological polar surface area (TPSA) is 136 Å². The van der Waals surface area contributed by atoms with Gasteiger partial charge in [0.2, 0.25) is 11.8 Å². The Balaban J connectivity index is 1.69. The maximum Gasteiger partial charge on any atom is 0.508 e. The summed E-state index contributed by atoms with van der Waals surface area (Å²) in [4.78, 5) is 51.8. The van der Waals surface area contributed by atoms with Crippen LogP contribution in [0.25, 0.3) is 0 Å². The number of halogens is 2. The molecule has 0 spiro atoms. The SMILES string of the molecule is COC(=O)OC/C=C/CCCNC(=O)C(c1cc(F)ccc1Br)N(Cc1ccco1)C(=O)CCNC(=O)OCc1ccccc1. The quantitative estimate of drug-likeness (QED) is 0.110. The highest BCUT2D eigenvalue weighted by Crippen LogP contribution is 2.31. The molecule has 13 heteroatoms. The minimum atomic E-state index is -1.23. The molecule has 45 heavy (non-hydrogen) atoms. The lowest BCUT2D eigenvalue weighted by Gasteiger charge is -2.31. The van der Waals surface area contributed by atoms with Gasteiger partial charge in [0.05, 0.1) is 19.9 Å². The second-order valence-electron chi connectivity index (χ2n) is 9.58. The molecule has 1 heterocycles. The molecule has 1 atom stereocenters. The van der Waals surface area contributed by atoms with Crippen molar-refractivity contribution in [3.05, 3.63) is 106 Å². The van der Waals surface area contributed by atoms with Crippen LogP contribution in [0.5, 0.6) is 0 Å². The summed E-state index contributed by atoms with van der Waals surface area (Å²) in [7, 11) is 1.22. The Hall–Kier alpha value is -4.65. The lowest BCUT2D eigenvalue weighted by molar-refractivity contribution is -0.141. The molecule has 0 aliphatic rings. The van der Waals surface area contributed by atoms with Crippen molar-refractivity contribution in [2.24, 2.45) is 0 Å². The number of amides is 3. The largest absolute Gasteiger partial charge is 0.508 e. The second-order valence-corrected chi connectivity index (χ2v) is 10.4. The van der Waals surface area contributed by atoms with Crippen molar-refractivity contribution in [1.82, 2.24) is 15.5 Å². The fraction of sp³-hybridized carbons (Fsp3) is 0.312. The molecule has 2 N–H and O–H groups in total. The van der Waals surface area contributed by atoms with Crippen LogP contribution < -0.4 is 10.6 Å². The van der Waals surface area contributed by atoms with Gasteiger partial charge in [0.15, 0.2) is 0 Å². The summed E-state index contributed by atoms with van der Waals surface area (Å²) >= 11 is 3.40. The Morgan fingerprint density at radius 2 is 1.80 bits per heavy atom. The van der Waals surface area contributed by atoms with Crippen LogP contribution >= 0.6 is 15.9 Å². The first-order valence-corrected chi connectivity index (χ1v) is 14.9. The zero-order chi connectivity index (χ0) is 32.4. The zero-order valence-electron chi connectivity index (χ0n) is 24.7.